The highest BCUT2D eigenvalue weighted by atomic mass is 127. The van der Waals surface area contributed by atoms with Crippen molar-refractivity contribution < 1.29 is 10.0 Å². The molecule has 0 spiro atoms. The van der Waals surface area contributed by atoms with Crippen LogP contribution in [0, 0.1) is 11.3 Å². The van der Waals surface area contributed by atoms with Crippen molar-refractivity contribution in [1.82, 2.24) is 0 Å². The molecular formula is C7H7BINO2. The van der Waals surface area contributed by atoms with Gasteiger partial charge in [0.2, 0.25) is 0 Å². The summed E-state index contributed by atoms with van der Waals surface area (Å²) in [4.78, 5) is 0. The summed E-state index contributed by atoms with van der Waals surface area (Å²) >= 11 is 2.07. The van der Waals surface area contributed by atoms with Gasteiger partial charge in [0.25, 0.3) is 0 Å². The second-order valence-electron chi connectivity index (χ2n) is 2.52. The van der Waals surface area contributed by atoms with Gasteiger partial charge in [0, 0.05) is 5.57 Å². The molecule has 0 amide bonds. The highest BCUT2D eigenvalue weighted by molar-refractivity contribution is 14.1. The Morgan fingerprint density at radius 3 is 2.67 bits per heavy atom. The van der Waals surface area contributed by atoms with Gasteiger partial charge in [0.15, 0.2) is 0 Å². The molecule has 0 aromatic carbocycles. The molecular weight excluding hydrogens is 268 g/mol. The molecule has 0 saturated heterocycles. The number of allylic oxidation sites excluding steroid dienone is 4. The van der Waals surface area contributed by atoms with Crippen molar-refractivity contribution in [3.05, 3.63) is 20.7 Å². The number of nitrogens with zero attached hydrogens (tertiary/aromatic N) is 1. The topological polar surface area (TPSA) is 64.2 Å². The Bertz CT molecular complexity index is 290. The molecule has 1 rings (SSSR count). The van der Waals surface area contributed by atoms with E-state index in [0.29, 0.717) is 17.5 Å². The molecule has 12 heavy (non-hydrogen) atoms. The Balaban J connectivity index is 2.96. The monoisotopic (exact) mass is 275 g/mol. The molecule has 3 nitrogen and oxygen atoms in total. The van der Waals surface area contributed by atoms with Crippen molar-refractivity contribution in [3.8, 4) is 6.07 Å². The molecule has 0 bridgehead atoms. The second-order valence-corrected chi connectivity index (χ2v) is 3.82. The van der Waals surface area contributed by atoms with Gasteiger partial charge in [-0.05, 0) is 50.6 Å². The lowest BCUT2D eigenvalue weighted by Crippen LogP contribution is -2.17. The first kappa shape index (κ1) is 9.77. The normalized spacial score (nSPS) is 17.0. The average molecular weight is 275 g/mol. The zero-order valence-electron chi connectivity index (χ0n) is 6.29. The Kier molecular flexibility index (Phi) is 3.32. The smallest absolute Gasteiger partial charge is 0.423 e. The SMILES string of the molecule is N#CC1=CC(B(O)O)=C(I)CC1. The lowest BCUT2D eigenvalue weighted by molar-refractivity contribution is 0.420. The van der Waals surface area contributed by atoms with Gasteiger partial charge in [-0.15, -0.1) is 0 Å². The average Bonchev–Trinajstić information content (AvgIpc) is 2.05. The van der Waals surface area contributed by atoms with Crippen molar-refractivity contribution in [2.45, 2.75) is 12.8 Å². The first-order chi connectivity index (χ1) is 5.65. The maximum Gasteiger partial charge on any atom is 0.489 e. The molecule has 1 aliphatic carbocycles. The fraction of sp³-hybridized carbons (Fsp3) is 0.286. The first-order valence-electron chi connectivity index (χ1n) is 3.50. The number of halogens is 1. The molecule has 1 aliphatic rings. The van der Waals surface area contributed by atoms with Gasteiger partial charge >= 0.3 is 7.12 Å². The second kappa shape index (κ2) is 4.07. The number of nitriles is 1. The zero-order valence-corrected chi connectivity index (χ0v) is 8.45. The molecule has 0 radical (unpaired) electrons. The molecule has 0 saturated carbocycles. The van der Waals surface area contributed by atoms with Gasteiger partial charge in [-0.1, -0.05) is 0 Å². The molecule has 0 heterocycles. The van der Waals surface area contributed by atoms with Crippen molar-refractivity contribution in [2.75, 3.05) is 0 Å². The molecule has 0 aromatic rings. The van der Waals surface area contributed by atoms with Crippen LogP contribution in [0.4, 0.5) is 0 Å². The summed E-state index contributed by atoms with van der Waals surface area (Å²) in [6, 6.07) is 2.01. The van der Waals surface area contributed by atoms with E-state index in [1.54, 1.807) is 6.08 Å². The fourth-order valence-corrected chi connectivity index (χ4v) is 1.73. The van der Waals surface area contributed by atoms with Gasteiger partial charge in [-0.2, -0.15) is 5.26 Å². The highest BCUT2D eigenvalue weighted by Crippen LogP contribution is 2.28. The Labute approximate surface area is 84.7 Å². The predicted octanol–water partition coefficient (Wildman–Crippen LogP) is 0.931. The maximum absolute atomic E-state index is 8.90. The van der Waals surface area contributed by atoms with Crippen molar-refractivity contribution in [3.63, 3.8) is 0 Å². The van der Waals surface area contributed by atoms with Crippen LogP contribution < -0.4 is 0 Å². The van der Waals surface area contributed by atoms with Crippen LogP contribution in [-0.2, 0) is 0 Å². The third kappa shape index (κ3) is 2.09. The zero-order chi connectivity index (χ0) is 9.14. The number of hydrogen-bond acceptors (Lipinski definition) is 3. The Hall–Kier alpha value is -0.315. The van der Waals surface area contributed by atoms with E-state index in [9.17, 15) is 0 Å². The Morgan fingerprint density at radius 1 is 1.50 bits per heavy atom. The maximum atomic E-state index is 8.90. The van der Waals surface area contributed by atoms with E-state index in [2.05, 4.69) is 22.6 Å². The van der Waals surface area contributed by atoms with Crippen molar-refractivity contribution in [1.29, 1.82) is 5.26 Å². The predicted molar refractivity (Wildman–Crippen MR) is 54.2 cm³/mol. The molecule has 2 N–H and O–H groups in total. The minimum Gasteiger partial charge on any atom is -0.423 e. The van der Waals surface area contributed by atoms with Gasteiger partial charge < -0.3 is 10.0 Å². The fourth-order valence-electron chi connectivity index (χ4n) is 1.03. The number of rotatable bonds is 1. The van der Waals surface area contributed by atoms with E-state index >= 15 is 0 Å². The molecule has 0 aliphatic heterocycles. The van der Waals surface area contributed by atoms with E-state index in [1.807, 2.05) is 6.07 Å². The minimum absolute atomic E-state index is 0.457. The third-order valence-corrected chi connectivity index (χ3v) is 2.84. The molecule has 62 valence electrons. The van der Waals surface area contributed by atoms with Crippen LogP contribution in [0.25, 0.3) is 0 Å². The van der Waals surface area contributed by atoms with E-state index in [4.69, 9.17) is 15.3 Å². The summed E-state index contributed by atoms with van der Waals surface area (Å²) in [5.74, 6) is 0. The van der Waals surface area contributed by atoms with Crippen molar-refractivity contribution in [2.24, 2.45) is 0 Å². The van der Waals surface area contributed by atoms with Crippen molar-refractivity contribution >= 4 is 29.7 Å². The third-order valence-electron chi connectivity index (χ3n) is 1.68. The molecule has 0 atom stereocenters. The summed E-state index contributed by atoms with van der Waals surface area (Å²) in [6.45, 7) is 0. The minimum atomic E-state index is -1.46. The standard InChI is InChI=1S/C7H7BINO2/c9-7-2-1-5(4-10)3-6(7)8(11)12/h3,11-12H,1-2H2. The van der Waals surface area contributed by atoms with Gasteiger partial charge in [-0.25, -0.2) is 0 Å². The van der Waals surface area contributed by atoms with Crippen LogP contribution in [0.1, 0.15) is 12.8 Å². The molecule has 0 unspecified atom stereocenters. The van der Waals surface area contributed by atoms with Gasteiger partial charge in [-0.3, -0.25) is 0 Å². The molecule has 0 aromatic heterocycles. The van der Waals surface area contributed by atoms with E-state index < -0.39 is 7.12 Å². The van der Waals surface area contributed by atoms with Crippen LogP contribution in [0.15, 0.2) is 20.7 Å². The highest BCUT2D eigenvalue weighted by Gasteiger charge is 2.20. The largest absolute Gasteiger partial charge is 0.489 e. The Morgan fingerprint density at radius 2 is 2.17 bits per heavy atom. The van der Waals surface area contributed by atoms with Crippen LogP contribution in [-0.4, -0.2) is 17.2 Å². The van der Waals surface area contributed by atoms with Gasteiger partial charge in [0.1, 0.15) is 0 Å². The summed E-state index contributed by atoms with van der Waals surface area (Å²) in [5, 5.41) is 26.4. The van der Waals surface area contributed by atoms with E-state index in [-0.39, 0.29) is 0 Å². The van der Waals surface area contributed by atoms with E-state index in [1.165, 1.54) is 0 Å². The van der Waals surface area contributed by atoms with Crippen LogP contribution in [0.2, 0.25) is 0 Å². The quantitative estimate of drug-likeness (QED) is 0.552. The summed E-state index contributed by atoms with van der Waals surface area (Å²) < 4.78 is 0.918. The molecule has 0 fully saturated rings. The lowest BCUT2D eigenvalue weighted by Gasteiger charge is -2.11. The van der Waals surface area contributed by atoms with Crippen LogP contribution in [0.3, 0.4) is 0 Å². The lowest BCUT2D eigenvalue weighted by atomic mass is 9.75. The first-order valence-corrected chi connectivity index (χ1v) is 4.58. The molecule has 5 heteroatoms. The summed E-state index contributed by atoms with van der Waals surface area (Å²) in [5.41, 5.74) is 1.07. The van der Waals surface area contributed by atoms with E-state index in [0.717, 1.165) is 10.0 Å². The van der Waals surface area contributed by atoms with Gasteiger partial charge in [0.05, 0.1) is 6.07 Å². The van der Waals surface area contributed by atoms with Crippen LogP contribution in [0.5, 0.6) is 0 Å². The van der Waals surface area contributed by atoms with Crippen LogP contribution >= 0.6 is 22.6 Å². The summed E-state index contributed by atoms with van der Waals surface area (Å²) in [7, 11) is -1.46. The summed E-state index contributed by atoms with van der Waals surface area (Å²) in [6.07, 6.45) is 2.98. The number of hydrogen-bond donors (Lipinski definition) is 2.